The van der Waals surface area contributed by atoms with Crippen LogP contribution in [-0.2, 0) is 9.59 Å². The SMILES string of the molecule is CC1=C(C(=O)O)CC(C(=O)O)=C(C)N1S. The number of allylic oxidation sites excluding steroid dienone is 2. The van der Waals surface area contributed by atoms with E-state index in [1.165, 1.54) is 4.31 Å². The van der Waals surface area contributed by atoms with Crippen molar-refractivity contribution in [2.45, 2.75) is 20.3 Å². The highest BCUT2D eigenvalue weighted by Gasteiger charge is 2.27. The number of nitrogens with zero attached hydrogens (tertiary/aromatic N) is 1. The van der Waals surface area contributed by atoms with Crippen LogP contribution in [-0.4, -0.2) is 26.5 Å². The summed E-state index contributed by atoms with van der Waals surface area (Å²) in [5.74, 6) is -2.23. The lowest BCUT2D eigenvalue weighted by atomic mass is 9.98. The van der Waals surface area contributed by atoms with Gasteiger partial charge in [-0.15, -0.1) is 0 Å². The Kier molecular flexibility index (Phi) is 3.09. The lowest BCUT2D eigenvalue weighted by Crippen LogP contribution is -2.23. The maximum Gasteiger partial charge on any atom is 0.333 e. The second kappa shape index (κ2) is 3.98. The lowest BCUT2D eigenvalue weighted by Gasteiger charge is -2.27. The molecule has 0 aromatic carbocycles. The van der Waals surface area contributed by atoms with Crippen LogP contribution in [0.1, 0.15) is 20.3 Å². The molecule has 0 saturated carbocycles. The molecule has 1 rings (SSSR count). The molecule has 0 radical (unpaired) electrons. The van der Waals surface area contributed by atoms with Crippen molar-refractivity contribution in [1.29, 1.82) is 0 Å². The molecular weight excluding hydrogens is 218 g/mol. The van der Waals surface area contributed by atoms with E-state index in [0.717, 1.165) is 0 Å². The molecule has 1 heterocycles. The largest absolute Gasteiger partial charge is 0.478 e. The van der Waals surface area contributed by atoms with E-state index in [2.05, 4.69) is 12.8 Å². The van der Waals surface area contributed by atoms with Crippen molar-refractivity contribution in [2.24, 2.45) is 0 Å². The Morgan fingerprint density at radius 1 is 1.13 bits per heavy atom. The number of thiol groups is 1. The number of aliphatic carboxylic acids is 2. The second-order valence-corrected chi connectivity index (χ2v) is 3.63. The summed E-state index contributed by atoms with van der Waals surface area (Å²) in [5.41, 5.74) is 1.03. The van der Waals surface area contributed by atoms with Crippen molar-refractivity contribution < 1.29 is 19.8 Å². The van der Waals surface area contributed by atoms with Gasteiger partial charge in [0, 0.05) is 17.8 Å². The van der Waals surface area contributed by atoms with E-state index in [1.54, 1.807) is 13.8 Å². The topological polar surface area (TPSA) is 77.8 Å². The van der Waals surface area contributed by atoms with Crippen LogP contribution in [0.4, 0.5) is 0 Å². The van der Waals surface area contributed by atoms with Gasteiger partial charge >= 0.3 is 11.9 Å². The molecule has 2 N–H and O–H groups in total. The normalized spacial score (nSPS) is 17.1. The summed E-state index contributed by atoms with van der Waals surface area (Å²) < 4.78 is 1.29. The van der Waals surface area contributed by atoms with Crippen molar-refractivity contribution in [3.05, 3.63) is 22.5 Å². The lowest BCUT2D eigenvalue weighted by molar-refractivity contribution is -0.133. The molecule has 0 atom stereocenters. The standard InChI is InChI=1S/C9H11NO4S/c1-4-6(8(11)12)3-7(9(13)14)5(2)10(4)15/h15H,3H2,1-2H3,(H,11,12)(H,13,14). The predicted octanol–water partition coefficient (Wildman–Crippen LogP) is 1.25. The van der Waals surface area contributed by atoms with Gasteiger partial charge in [0.2, 0.25) is 0 Å². The first-order valence-corrected chi connectivity index (χ1v) is 4.61. The van der Waals surface area contributed by atoms with Crippen molar-refractivity contribution >= 4 is 24.8 Å². The zero-order valence-electron chi connectivity index (χ0n) is 8.31. The first-order valence-electron chi connectivity index (χ1n) is 4.21. The van der Waals surface area contributed by atoms with Gasteiger partial charge in [-0.3, -0.25) is 4.31 Å². The first kappa shape index (κ1) is 11.6. The minimum absolute atomic E-state index is 0.0630. The van der Waals surface area contributed by atoms with Gasteiger partial charge in [-0.1, -0.05) is 12.8 Å². The zero-order valence-corrected chi connectivity index (χ0v) is 9.21. The van der Waals surface area contributed by atoms with Crippen molar-refractivity contribution in [1.82, 2.24) is 4.31 Å². The maximum atomic E-state index is 10.9. The second-order valence-electron chi connectivity index (χ2n) is 3.23. The van der Waals surface area contributed by atoms with Gasteiger partial charge in [0.1, 0.15) is 0 Å². The summed E-state index contributed by atoms with van der Waals surface area (Å²) >= 11 is 4.05. The monoisotopic (exact) mass is 229 g/mol. The smallest absolute Gasteiger partial charge is 0.333 e. The summed E-state index contributed by atoms with van der Waals surface area (Å²) in [4.78, 5) is 21.7. The Bertz CT molecular complexity index is 361. The maximum absolute atomic E-state index is 10.9. The molecular formula is C9H11NO4S. The van der Waals surface area contributed by atoms with E-state index in [4.69, 9.17) is 10.2 Å². The fourth-order valence-corrected chi connectivity index (χ4v) is 1.64. The van der Waals surface area contributed by atoms with E-state index in [0.29, 0.717) is 11.4 Å². The van der Waals surface area contributed by atoms with E-state index in [9.17, 15) is 9.59 Å². The number of carboxylic acid groups (broad SMARTS) is 2. The van der Waals surface area contributed by atoms with Crippen LogP contribution in [0.15, 0.2) is 22.5 Å². The minimum atomic E-state index is -1.11. The Morgan fingerprint density at radius 3 is 1.73 bits per heavy atom. The van der Waals surface area contributed by atoms with Crippen LogP contribution < -0.4 is 0 Å². The third-order valence-electron chi connectivity index (χ3n) is 2.38. The predicted molar refractivity (Wildman–Crippen MR) is 56.1 cm³/mol. The molecule has 1 aliphatic heterocycles. The highest BCUT2D eigenvalue weighted by Crippen LogP contribution is 2.31. The molecule has 0 aliphatic carbocycles. The van der Waals surface area contributed by atoms with Crippen LogP contribution in [0.25, 0.3) is 0 Å². The van der Waals surface area contributed by atoms with Gasteiger partial charge in [0.15, 0.2) is 0 Å². The average molecular weight is 229 g/mol. The molecule has 5 nitrogen and oxygen atoms in total. The number of hydrogen-bond donors (Lipinski definition) is 3. The molecule has 82 valence electrons. The molecule has 1 aliphatic rings. The van der Waals surface area contributed by atoms with Crippen molar-refractivity contribution in [3.8, 4) is 0 Å². The number of carboxylic acids is 2. The molecule has 0 amide bonds. The van der Waals surface area contributed by atoms with Gasteiger partial charge in [0.05, 0.1) is 11.1 Å². The Hall–Kier alpha value is -1.43. The van der Waals surface area contributed by atoms with Gasteiger partial charge < -0.3 is 10.2 Å². The highest BCUT2D eigenvalue weighted by atomic mass is 32.1. The van der Waals surface area contributed by atoms with Crippen LogP contribution in [0.3, 0.4) is 0 Å². The summed E-state index contributed by atoms with van der Waals surface area (Å²) in [6, 6.07) is 0. The zero-order chi connectivity index (χ0) is 11.7. The Labute approximate surface area is 92.2 Å². The quantitative estimate of drug-likeness (QED) is 0.621. The van der Waals surface area contributed by atoms with Crippen LogP contribution in [0.5, 0.6) is 0 Å². The Morgan fingerprint density at radius 2 is 1.47 bits per heavy atom. The molecule has 0 aromatic rings. The first-order chi connectivity index (χ1) is 6.86. The fourth-order valence-electron chi connectivity index (χ4n) is 1.40. The van der Waals surface area contributed by atoms with Crippen LogP contribution in [0.2, 0.25) is 0 Å². The number of carbonyl (C=O) groups is 2. The molecule has 0 fully saturated rings. The number of rotatable bonds is 2. The molecule has 15 heavy (non-hydrogen) atoms. The Balaban J connectivity index is 3.20. The third kappa shape index (κ3) is 1.99. The van der Waals surface area contributed by atoms with Crippen molar-refractivity contribution in [3.63, 3.8) is 0 Å². The van der Waals surface area contributed by atoms with Gasteiger partial charge in [-0.2, -0.15) is 0 Å². The van der Waals surface area contributed by atoms with Gasteiger partial charge in [0.25, 0.3) is 0 Å². The van der Waals surface area contributed by atoms with E-state index >= 15 is 0 Å². The van der Waals surface area contributed by atoms with E-state index in [-0.39, 0.29) is 17.6 Å². The van der Waals surface area contributed by atoms with Gasteiger partial charge in [-0.05, 0) is 13.8 Å². The highest BCUT2D eigenvalue weighted by molar-refractivity contribution is 7.78. The van der Waals surface area contributed by atoms with Gasteiger partial charge in [-0.25, -0.2) is 9.59 Å². The third-order valence-corrected chi connectivity index (χ3v) is 2.98. The van der Waals surface area contributed by atoms with Crippen LogP contribution in [0, 0.1) is 0 Å². The molecule has 0 saturated heterocycles. The average Bonchev–Trinajstić information content (AvgIpc) is 2.13. The summed E-state index contributed by atoms with van der Waals surface area (Å²) in [6.07, 6.45) is -0.0700. The molecule has 0 unspecified atom stereocenters. The number of hydrogen-bond acceptors (Lipinski definition) is 4. The molecule has 0 aromatic heterocycles. The molecule has 6 heteroatoms. The van der Waals surface area contributed by atoms with E-state index < -0.39 is 11.9 Å². The van der Waals surface area contributed by atoms with Crippen molar-refractivity contribution in [2.75, 3.05) is 0 Å². The summed E-state index contributed by atoms with van der Waals surface area (Å²) in [6.45, 7) is 3.19. The minimum Gasteiger partial charge on any atom is -0.478 e. The molecule has 0 bridgehead atoms. The fraction of sp³-hybridized carbons (Fsp3) is 0.333. The molecule has 0 spiro atoms. The summed E-state index contributed by atoms with van der Waals surface area (Å²) in [7, 11) is 0. The summed E-state index contributed by atoms with van der Waals surface area (Å²) in [5, 5.41) is 17.8. The van der Waals surface area contributed by atoms with Crippen LogP contribution >= 0.6 is 12.8 Å². The van der Waals surface area contributed by atoms with E-state index in [1.807, 2.05) is 0 Å².